The minimum absolute atomic E-state index is 0.00185. The van der Waals surface area contributed by atoms with Crippen LogP contribution in [-0.4, -0.2) is 28.2 Å². The second-order valence-corrected chi connectivity index (χ2v) is 3.89. The quantitative estimate of drug-likeness (QED) is 0.730. The molecule has 0 bridgehead atoms. The molecule has 1 atom stereocenters. The molecule has 1 heterocycles. The van der Waals surface area contributed by atoms with Gasteiger partial charge in [0.1, 0.15) is 5.82 Å². The summed E-state index contributed by atoms with van der Waals surface area (Å²) in [6, 6.07) is 6.03. The average molecular weight is 219 g/mol. The fraction of sp³-hybridized carbons (Fsp3) is 0.417. The van der Waals surface area contributed by atoms with E-state index in [2.05, 4.69) is 15.3 Å². The third-order valence-electron chi connectivity index (χ3n) is 2.66. The Kier molecular flexibility index (Phi) is 3.22. The maximum atomic E-state index is 9.30. The molecule has 0 fully saturated rings. The first-order valence-corrected chi connectivity index (χ1v) is 5.55. The molecule has 86 valence electrons. The molecule has 1 aromatic heterocycles. The minimum atomic E-state index is -0.00185. The summed E-state index contributed by atoms with van der Waals surface area (Å²) in [5, 5.41) is 12.5. The lowest BCUT2D eigenvalue weighted by molar-refractivity contribution is 0.246. The number of H-pyrrole nitrogens is 1. The molecule has 1 unspecified atom stereocenters. The van der Waals surface area contributed by atoms with E-state index in [9.17, 15) is 5.11 Å². The molecule has 0 saturated carbocycles. The molecular formula is C12H17N3O. The van der Waals surface area contributed by atoms with Crippen molar-refractivity contribution in [1.82, 2.24) is 15.3 Å². The number of aromatic amines is 1. The van der Waals surface area contributed by atoms with Gasteiger partial charge in [-0.1, -0.05) is 13.0 Å². The first kappa shape index (κ1) is 11.1. The van der Waals surface area contributed by atoms with Crippen molar-refractivity contribution in [2.45, 2.75) is 19.9 Å². The number of rotatable bonds is 4. The molecule has 4 nitrogen and oxygen atoms in total. The van der Waals surface area contributed by atoms with E-state index in [1.807, 2.05) is 32.0 Å². The summed E-state index contributed by atoms with van der Waals surface area (Å²) in [7, 11) is 0. The van der Waals surface area contributed by atoms with Crippen molar-refractivity contribution in [2.24, 2.45) is 0 Å². The summed E-state index contributed by atoms with van der Waals surface area (Å²) in [6.45, 7) is 4.91. The monoisotopic (exact) mass is 219 g/mol. The third kappa shape index (κ3) is 2.08. The van der Waals surface area contributed by atoms with Gasteiger partial charge in [0.2, 0.25) is 0 Å². The predicted molar refractivity (Wildman–Crippen MR) is 64.3 cm³/mol. The fourth-order valence-corrected chi connectivity index (χ4v) is 1.91. The van der Waals surface area contributed by atoms with Gasteiger partial charge >= 0.3 is 0 Å². The molecule has 0 aliphatic rings. The lowest BCUT2D eigenvalue weighted by Crippen LogP contribution is -2.23. The second-order valence-electron chi connectivity index (χ2n) is 3.89. The molecule has 0 spiro atoms. The number of hydrogen-bond acceptors (Lipinski definition) is 3. The van der Waals surface area contributed by atoms with Crippen LogP contribution in [0.4, 0.5) is 0 Å². The van der Waals surface area contributed by atoms with Crippen LogP contribution in [-0.2, 0) is 0 Å². The lowest BCUT2D eigenvalue weighted by atomic mass is 10.1. The van der Waals surface area contributed by atoms with Gasteiger partial charge in [-0.05, 0) is 31.2 Å². The third-order valence-corrected chi connectivity index (χ3v) is 2.66. The summed E-state index contributed by atoms with van der Waals surface area (Å²) in [5.74, 6) is 0.913. The van der Waals surface area contributed by atoms with Gasteiger partial charge in [-0.3, -0.25) is 0 Å². The van der Waals surface area contributed by atoms with Gasteiger partial charge in [-0.25, -0.2) is 4.98 Å². The van der Waals surface area contributed by atoms with E-state index in [0.717, 1.165) is 29.0 Å². The first-order valence-electron chi connectivity index (χ1n) is 5.55. The minimum Gasteiger partial charge on any atom is -0.394 e. The molecule has 16 heavy (non-hydrogen) atoms. The zero-order chi connectivity index (χ0) is 11.5. The van der Waals surface area contributed by atoms with Crippen molar-refractivity contribution in [3.8, 4) is 0 Å². The predicted octanol–water partition coefficient (Wildman–Crippen LogP) is 1.51. The number of fused-ring (bicyclic) bond motifs is 1. The molecule has 2 aromatic rings. The van der Waals surface area contributed by atoms with Gasteiger partial charge < -0.3 is 15.4 Å². The van der Waals surface area contributed by atoms with Gasteiger partial charge in [0, 0.05) is 0 Å². The average Bonchev–Trinajstić information content (AvgIpc) is 2.64. The van der Waals surface area contributed by atoms with Crippen LogP contribution in [0.15, 0.2) is 18.2 Å². The zero-order valence-electron chi connectivity index (χ0n) is 9.62. The van der Waals surface area contributed by atoms with Crippen molar-refractivity contribution in [3.05, 3.63) is 29.6 Å². The smallest absolute Gasteiger partial charge is 0.104 e. The summed E-state index contributed by atoms with van der Waals surface area (Å²) in [4.78, 5) is 7.55. The van der Waals surface area contributed by atoms with Gasteiger partial charge in [-0.15, -0.1) is 0 Å². The maximum absolute atomic E-state index is 9.30. The van der Waals surface area contributed by atoms with E-state index in [1.165, 1.54) is 0 Å². The van der Waals surface area contributed by atoms with Gasteiger partial charge in [0.05, 0.1) is 23.7 Å². The van der Waals surface area contributed by atoms with Gasteiger partial charge in [0.25, 0.3) is 0 Å². The summed E-state index contributed by atoms with van der Waals surface area (Å²) in [5.41, 5.74) is 3.07. The van der Waals surface area contributed by atoms with E-state index in [1.54, 1.807) is 0 Å². The SMILES string of the molecule is CCNC(CO)c1ccc2nc(C)[nH]c2c1. The molecule has 0 amide bonds. The van der Waals surface area contributed by atoms with Crippen LogP contribution in [0.1, 0.15) is 24.4 Å². The van der Waals surface area contributed by atoms with Crippen LogP contribution in [0.3, 0.4) is 0 Å². The van der Waals surface area contributed by atoms with Crippen LogP contribution in [0.5, 0.6) is 0 Å². The number of aliphatic hydroxyl groups is 1. The number of nitrogens with zero attached hydrogens (tertiary/aromatic N) is 1. The first-order chi connectivity index (χ1) is 7.74. The number of aryl methyl sites for hydroxylation is 1. The fourth-order valence-electron chi connectivity index (χ4n) is 1.91. The molecular weight excluding hydrogens is 202 g/mol. The second kappa shape index (κ2) is 4.63. The molecule has 0 aliphatic heterocycles. The highest BCUT2D eigenvalue weighted by Gasteiger charge is 2.10. The Morgan fingerprint density at radius 3 is 3.00 bits per heavy atom. The number of likely N-dealkylation sites (N-methyl/N-ethyl adjacent to an activating group) is 1. The van der Waals surface area contributed by atoms with Gasteiger partial charge in [-0.2, -0.15) is 0 Å². The van der Waals surface area contributed by atoms with Crippen LogP contribution < -0.4 is 5.32 Å². The van der Waals surface area contributed by atoms with E-state index < -0.39 is 0 Å². The molecule has 1 aromatic carbocycles. The molecule has 0 saturated heterocycles. The summed E-state index contributed by atoms with van der Waals surface area (Å²) in [6.07, 6.45) is 0. The Morgan fingerprint density at radius 1 is 1.50 bits per heavy atom. The Hall–Kier alpha value is -1.39. The van der Waals surface area contributed by atoms with E-state index in [0.29, 0.717) is 0 Å². The van der Waals surface area contributed by atoms with Crippen molar-refractivity contribution in [1.29, 1.82) is 0 Å². The molecule has 2 rings (SSSR count). The Labute approximate surface area is 94.7 Å². The van der Waals surface area contributed by atoms with Crippen LogP contribution in [0.25, 0.3) is 11.0 Å². The van der Waals surface area contributed by atoms with Crippen LogP contribution in [0, 0.1) is 6.92 Å². The largest absolute Gasteiger partial charge is 0.394 e. The van der Waals surface area contributed by atoms with Crippen molar-refractivity contribution < 1.29 is 5.11 Å². The van der Waals surface area contributed by atoms with Crippen LogP contribution in [0.2, 0.25) is 0 Å². The highest BCUT2D eigenvalue weighted by molar-refractivity contribution is 5.75. The number of aromatic nitrogens is 2. The van der Waals surface area contributed by atoms with Crippen molar-refractivity contribution in [3.63, 3.8) is 0 Å². The van der Waals surface area contributed by atoms with E-state index >= 15 is 0 Å². The zero-order valence-corrected chi connectivity index (χ0v) is 9.62. The number of hydrogen-bond donors (Lipinski definition) is 3. The number of benzene rings is 1. The highest BCUT2D eigenvalue weighted by atomic mass is 16.3. The Morgan fingerprint density at radius 2 is 2.31 bits per heavy atom. The van der Waals surface area contributed by atoms with E-state index in [-0.39, 0.29) is 12.6 Å². The topological polar surface area (TPSA) is 60.9 Å². The van der Waals surface area contributed by atoms with E-state index in [4.69, 9.17) is 0 Å². The standard InChI is InChI=1S/C12H17N3O/c1-3-13-12(7-16)9-4-5-10-11(6-9)15-8(2)14-10/h4-6,12-13,16H,3,7H2,1-2H3,(H,14,15). The number of nitrogens with one attached hydrogen (secondary N) is 2. The van der Waals surface area contributed by atoms with Crippen molar-refractivity contribution in [2.75, 3.05) is 13.2 Å². The number of aliphatic hydroxyl groups excluding tert-OH is 1. The normalized spacial score (nSPS) is 13.2. The summed E-state index contributed by atoms with van der Waals surface area (Å²) < 4.78 is 0. The van der Waals surface area contributed by atoms with Crippen LogP contribution >= 0.6 is 0 Å². The summed E-state index contributed by atoms with van der Waals surface area (Å²) >= 11 is 0. The molecule has 0 aliphatic carbocycles. The lowest BCUT2D eigenvalue weighted by Gasteiger charge is -2.15. The molecule has 0 radical (unpaired) electrons. The number of imidazole rings is 1. The molecule has 3 N–H and O–H groups in total. The van der Waals surface area contributed by atoms with Crippen molar-refractivity contribution >= 4 is 11.0 Å². The molecule has 4 heteroatoms. The van der Waals surface area contributed by atoms with Gasteiger partial charge in [0.15, 0.2) is 0 Å². The maximum Gasteiger partial charge on any atom is 0.104 e. The highest BCUT2D eigenvalue weighted by Crippen LogP contribution is 2.18. The Bertz CT molecular complexity index is 478. The Balaban J connectivity index is 2.36.